The van der Waals surface area contributed by atoms with Crippen LogP contribution in [0.25, 0.3) is 0 Å². The minimum absolute atomic E-state index is 0. The van der Waals surface area contributed by atoms with Crippen LogP contribution in [-0.4, -0.2) is 49.1 Å². The van der Waals surface area contributed by atoms with Gasteiger partial charge in [-0.1, -0.05) is 12.1 Å². The molecule has 1 aromatic carbocycles. The van der Waals surface area contributed by atoms with Gasteiger partial charge in [-0.05, 0) is 43.5 Å². The van der Waals surface area contributed by atoms with Crippen molar-refractivity contribution in [2.75, 3.05) is 33.4 Å². The van der Waals surface area contributed by atoms with Crippen LogP contribution in [0.15, 0.2) is 47.7 Å². The van der Waals surface area contributed by atoms with Gasteiger partial charge in [0.1, 0.15) is 5.75 Å². The Morgan fingerprint density at radius 1 is 1.18 bits per heavy atom. The van der Waals surface area contributed by atoms with E-state index in [-0.39, 0.29) is 24.0 Å². The van der Waals surface area contributed by atoms with E-state index in [9.17, 15) is 0 Å². The number of halogens is 1. The Morgan fingerprint density at radius 2 is 2.00 bits per heavy atom. The van der Waals surface area contributed by atoms with E-state index in [1.807, 2.05) is 41.2 Å². The largest absolute Gasteiger partial charge is 0.497 e. The molecule has 28 heavy (non-hydrogen) atoms. The molecule has 0 radical (unpaired) electrons. The normalized spacial score (nSPS) is 11.0. The minimum Gasteiger partial charge on any atom is -0.497 e. The molecule has 7 nitrogen and oxygen atoms in total. The fraction of sp³-hybridized carbons (Fsp3) is 0.500. The maximum absolute atomic E-state index is 5.72. The van der Waals surface area contributed by atoms with Gasteiger partial charge in [0.25, 0.3) is 0 Å². The molecule has 0 aliphatic carbocycles. The van der Waals surface area contributed by atoms with Crippen LogP contribution in [0.3, 0.4) is 0 Å². The van der Waals surface area contributed by atoms with Gasteiger partial charge < -0.3 is 20.1 Å². The first kappa shape index (κ1) is 24.2. The first-order chi connectivity index (χ1) is 13.3. The van der Waals surface area contributed by atoms with E-state index in [0.717, 1.165) is 56.3 Å². The molecule has 2 rings (SSSR count). The average molecular weight is 501 g/mol. The van der Waals surface area contributed by atoms with Gasteiger partial charge in [0.2, 0.25) is 0 Å². The predicted molar refractivity (Wildman–Crippen MR) is 124 cm³/mol. The Labute approximate surface area is 184 Å². The van der Waals surface area contributed by atoms with Crippen molar-refractivity contribution in [1.29, 1.82) is 0 Å². The van der Waals surface area contributed by atoms with Crippen molar-refractivity contribution < 1.29 is 9.47 Å². The van der Waals surface area contributed by atoms with E-state index in [4.69, 9.17) is 9.47 Å². The standard InChI is InChI=1S/C20H31N5O2.HI/c1-3-21-20(22-11-4-14-25-15-5-13-24-25)23-12-6-16-27-17-18-7-9-19(26-2)10-8-18;/h5,7-10,13,15H,3-4,6,11-12,14,16-17H2,1-2H3,(H2,21,22,23);1H. The average Bonchev–Trinajstić information content (AvgIpc) is 3.21. The van der Waals surface area contributed by atoms with E-state index in [0.29, 0.717) is 13.2 Å². The number of hydrogen-bond donors (Lipinski definition) is 2. The van der Waals surface area contributed by atoms with Crippen molar-refractivity contribution in [3.05, 3.63) is 48.3 Å². The molecule has 156 valence electrons. The van der Waals surface area contributed by atoms with E-state index in [2.05, 4.69) is 27.6 Å². The topological polar surface area (TPSA) is 72.7 Å². The van der Waals surface area contributed by atoms with E-state index in [1.54, 1.807) is 13.3 Å². The van der Waals surface area contributed by atoms with Crippen molar-refractivity contribution in [1.82, 2.24) is 20.4 Å². The lowest BCUT2D eigenvalue weighted by Crippen LogP contribution is -2.38. The fourth-order valence-electron chi connectivity index (χ4n) is 2.49. The number of aliphatic imine (C=N–C) groups is 1. The predicted octanol–water partition coefficient (Wildman–Crippen LogP) is 3.06. The van der Waals surface area contributed by atoms with Gasteiger partial charge in [0, 0.05) is 45.2 Å². The first-order valence-electron chi connectivity index (χ1n) is 9.52. The number of nitrogens with zero attached hydrogens (tertiary/aromatic N) is 3. The smallest absolute Gasteiger partial charge is 0.191 e. The lowest BCUT2D eigenvalue weighted by atomic mass is 10.2. The lowest BCUT2D eigenvalue weighted by Gasteiger charge is -2.11. The van der Waals surface area contributed by atoms with Crippen LogP contribution in [-0.2, 0) is 17.9 Å². The summed E-state index contributed by atoms with van der Waals surface area (Å²) >= 11 is 0. The molecule has 2 N–H and O–H groups in total. The van der Waals surface area contributed by atoms with Crippen LogP contribution in [0.1, 0.15) is 25.3 Å². The SMILES string of the molecule is CCNC(=NCCCn1cccn1)NCCCOCc1ccc(OC)cc1.I. The summed E-state index contributed by atoms with van der Waals surface area (Å²) in [5.74, 6) is 1.72. The van der Waals surface area contributed by atoms with Crippen molar-refractivity contribution in [2.24, 2.45) is 4.99 Å². The number of hydrogen-bond acceptors (Lipinski definition) is 4. The monoisotopic (exact) mass is 501 g/mol. The summed E-state index contributed by atoms with van der Waals surface area (Å²) in [5.41, 5.74) is 1.15. The zero-order chi connectivity index (χ0) is 19.2. The fourth-order valence-corrected chi connectivity index (χ4v) is 2.49. The maximum Gasteiger partial charge on any atom is 0.191 e. The Morgan fingerprint density at radius 3 is 2.68 bits per heavy atom. The first-order valence-corrected chi connectivity index (χ1v) is 9.52. The quantitative estimate of drug-likeness (QED) is 0.203. The van der Waals surface area contributed by atoms with E-state index >= 15 is 0 Å². The molecule has 1 heterocycles. The molecule has 0 aliphatic heterocycles. The number of methoxy groups -OCH3 is 1. The van der Waals surface area contributed by atoms with Gasteiger partial charge >= 0.3 is 0 Å². The van der Waals surface area contributed by atoms with Crippen LogP contribution in [0, 0.1) is 0 Å². The molecular weight excluding hydrogens is 469 g/mol. The van der Waals surface area contributed by atoms with Gasteiger partial charge in [0.05, 0.1) is 13.7 Å². The van der Waals surface area contributed by atoms with Crippen molar-refractivity contribution in [3.63, 3.8) is 0 Å². The second-order valence-corrected chi connectivity index (χ2v) is 6.06. The maximum atomic E-state index is 5.72. The summed E-state index contributed by atoms with van der Waals surface area (Å²) in [4.78, 5) is 4.60. The van der Waals surface area contributed by atoms with Crippen LogP contribution < -0.4 is 15.4 Å². The minimum atomic E-state index is 0. The third-order valence-corrected chi connectivity index (χ3v) is 3.90. The summed E-state index contributed by atoms with van der Waals surface area (Å²) in [6.07, 6.45) is 5.65. The number of ether oxygens (including phenoxy) is 2. The molecule has 0 aliphatic rings. The molecule has 2 aromatic rings. The molecule has 0 bridgehead atoms. The Kier molecular flexibility index (Phi) is 13.1. The van der Waals surface area contributed by atoms with Crippen LogP contribution in [0.2, 0.25) is 0 Å². The number of nitrogens with one attached hydrogen (secondary N) is 2. The lowest BCUT2D eigenvalue weighted by molar-refractivity contribution is 0.119. The van der Waals surface area contributed by atoms with Gasteiger partial charge in [-0.15, -0.1) is 24.0 Å². The molecular formula is C20H32IN5O2. The van der Waals surface area contributed by atoms with Crippen molar-refractivity contribution >= 4 is 29.9 Å². The Bertz CT molecular complexity index is 647. The Hall–Kier alpha value is -1.81. The van der Waals surface area contributed by atoms with E-state index < -0.39 is 0 Å². The number of benzene rings is 1. The summed E-state index contributed by atoms with van der Waals surface area (Å²) in [5, 5.41) is 10.8. The van der Waals surface area contributed by atoms with Crippen LogP contribution in [0.4, 0.5) is 0 Å². The third-order valence-electron chi connectivity index (χ3n) is 3.90. The van der Waals surface area contributed by atoms with Crippen LogP contribution >= 0.6 is 24.0 Å². The highest BCUT2D eigenvalue weighted by atomic mass is 127. The second-order valence-electron chi connectivity index (χ2n) is 6.06. The molecule has 8 heteroatoms. The molecule has 0 amide bonds. The molecule has 0 saturated heterocycles. The molecule has 1 aromatic heterocycles. The summed E-state index contributed by atoms with van der Waals surface area (Å²) in [6.45, 7) is 6.72. The third kappa shape index (κ3) is 9.93. The van der Waals surface area contributed by atoms with Crippen molar-refractivity contribution in [2.45, 2.75) is 32.9 Å². The molecule has 0 fully saturated rings. The zero-order valence-corrected chi connectivity index (χ0v) is 19.1. The Balaban J connectivity index is 0.00000392. The number of aryl methyl sites for hydroxylation is 1. The number of aromatic nitrogens is 2. The van der Waals surface area contributed by atoms with E-state index in [1.165, 1.54) is 0 Å². The highest BCUT2D eigenvalue weighted by molar-refractivity contribution is 14.0. The van der Waals surface area contributed by atoms with Gasteiger partial charge in [-0.2, -0.15) is 5.10 Å². The highest BCUT2D eigenvalue weighted by Crippen LogP contribution is 2.11. The second kappa shape index (κ2) is 15.2. The molecule has 0 saturated carbocycles. The summed E-state index contributed by atoms with van der Waals surface area (Å²) in [6, 6.07) is 9.88. The summed E-state index contributed by atoms with van der Waals surface area (Å²) in [7, 11) is 1.67. The van der Waals surface area contributed by atoms with Gasteiger partial charge in [0.15, 0.2) is 5.96 Å². The van der Waals surface area contributed by atoms with Crippen molar-refractivity contribution in [3.8, 4) is 5.75 Å². The summed E-state index contributed by atoms with van der Waals surface area (Å²) < 4.78 is 12.8. The highest BCUT2D eigenvalue weighted by Gasteiger charge is 1.98. The zero-order valence-electron chi connectivity index (χ0n) is 16.8. The number of rotatable bonds is 12. The number of guanidine groups is 1. The van der Waals surface area contributed by atoms with Gasteiger partial charge in [-0.25, -0.2) is 0 Å². The molecule has 0 atom stereocenters. The molecule has 0 unspecified atom stereocenters. The van der Waals surface area contributed by atoms with Crippen LogP contribution in [0.5, 0.6) is 5.75 Å². The molecule has 0 spiro atoms. The van der Waals surface area contributed by atoms with Gasteiger partial charge in [-0.3, -0.25) is 9.67 Å².